The number of rotatable bonds is 37. The average Bonchev–Trinajstić information content (AvgIpc) is 3.20. The Labute approximate surface area is 346 Å². The van der Waals surface area contributed by atoms with Gasteiger partial charge in [0.2, 0.25) is 5.91 Å². The average molecular weight is 857 g/mol. The van der Waals surface area contributed by atoms with Gasteiger partial charge in [0.25, 0.3) is 5.91 Å². The van der Waals surface area contributed by atoms with Crippen molar-refractivity contribution in [2.24, 2.45) is 0 Å². The molecule has 0 radical (unpaired) electrons. The molecule has 0 unspecified atom stereocenters. The number of benzene rings is 1. The number of halogens is 1. The Hall–Kier alpha value is -4.30. The normalized spacial score (nSPS) is 11.3. The summed E-state index contributed by atoms with van der Waals surface area (Å²) in [5.41, 5.74) is 0.107. The second-order valence-corrected chi connectivity index (χ2v) is 15.6. The van der Waals surface area contributed by atoms with Crippen LogP contribution in [-0.2, 0) is 48.9 Å². The molecule has 0 aliphatic heterocycles. The van der Waals surface area contributed by atoms with Crippen molar-refractivity contribution < 1.29 is 65.9 Å². The molecule has 2 amide bonds. The molecule has 1 heterocycles. The molecule has 0 spiro atoms. The maximum absolute atomic E-state index is 14.8. The smallest absolute Gasteiger partial charge is 0.329 e. The fraction of sp³-hybridized carbons (Fsp3) is 0.650. The van der Waals surface area contributed by atoms with Crippen molar-refractivity contribution in [1.82, 2.24) is 20.6 Å². The van der Waals surface area contributed by atoms with E-state index in [9.17, 15) is 32.0 Å². The molecule has 0 bridgehead atoms. The number of carboxylic acid groups (broad SMARTS) is 2. The number of hydrogen-bond acceptors (Lipinski definition) is 13. The van der Waals surface area contributed by atoms with E-state index in [-0.39, 0.29) is 93.7 Å². The van der Waals surface area contributed by atoms with Gasteiger partial charge >= 0.3 is 11.9 Å². The van der Waals surface area contributed by atoms with Crippen molar-refractivity contribution in [2.75, 3.05) is 72.6 Å². The number of carboxylic acids is 2. The van der Waals surface area contributed by atoms with E-state index >= 15 is 0 Å². The maximum atomic E-state index is 14.8. The van der Waals surface area contributed by atoms with E-state index in [0.29, 0.717) is 6.61 Å². The molecule has 0 saturated heterocycles. The second-order valence-electron chi connectivity index (χ2n) is 13.7. The van der Waals surface area contributed by atoms with Crippen LogP contribution in [0.25, 0.3) is 0 Å². The highest BCUT2D eigenvalue weighted by Crippen LogP contribution is 2.24. The monoisotopic (exact) mass is 856 g/mol. The molecule has 1 aromatic carbocycles. The number of aliphatic carboxylic acids is 2. The van der Waals surface area contributed by atoms with E-state index in [1.54, 1.807) is 0 Å². The van der Waals surface area contributed by atoms with Gasteiger partial charge in [-0.3, -0.25) is 14.4 Å². The molecule has 0 atom stereocenters. The molecular formula is C40H61FN4O13S. The first kappa shape index (κ1) is 50.8. The minimum absolute atomic E-state index is 0.0170. The van der Waals surface area contributed by atoms with E-state index in [1.807, 2.05) is 0 Å². The Morgan fingerprint density at radius 1 is 0.627 bits per heavy atom. The van der Waals surface area contributed by atoms with Gasteiger partial charge in [-0.15, -0.1) is 0 Å². The fourth-order valence-corrected chi connectivity index (χ4v) is 6.73. The Morgan fingerprint density at radius 2 is 1.15 bits per heavy atom. The molecule has 2 rings (SSSR count). The van der Waals surface area contributed by atoms with E-state index < -0.39 is 45.9 Å². The third-order valence-corrected chi connectivity index (χ3v) is 10.3. The lowest BCUT2D eigenvalue weighted by atomic mass is 10.0. The third-order valence-electron chi connectivity index (χ3n) is 8.64. The number of aromatic nitrogens is 2. The number of nitrogens with zero attached hydrogens (tertiary/aromatic N) is 2. The summed E-state index contributed by atoms with van der Waals surface area (Å²) in [5, 5.41) is 22.3. The highest BCUT2D eigenvalue weighted by molar-refractivity contribution is 7.90. The summed E-state index contributed by atoms with van der Waals surface area (Å²) in [6, 6.07) is 3.51. The van der Waals surface area contributed by atoms with Gasteiger partial charge in [0.1, 0.15) is 24.8 Å². The quantitative estimate of drug-likeness (QED) is 0.0684. The molecule has 19 heteroatoms. The standard InChI is InChI=1S/C40H61FN4O13S/c41-34-26-33(15-16-35(34)58-19-13-11-9-7-5-3-1-2-4-6-8-10-12-14-38(47)48)59(52,53)31-36-44-27-32(28-45-36)40(51)43-18-21-55-22-24-56-29-37(46)42-17-20-54-23-25-57-30-39(49)50/h15-16,26-28H,1-14,17-25,29-31H2,(H,42,46)(H,43,51)(H,47,48)(H,49,50). The Balaban J connectivity index is 1.52. The number of carbonyl (C=O) groups is 4. The minimum Gasteiger partial charge on any atom is -0.491 e. The zero-order valence-electron chi connectivity index (χ0n) is 33.8. The van der Waals surface area contributed by atoms with Gasteiger partial charge in [-0.25, -0.2) is 27.6 Å². The number of hydrogen-bond donors (Lipinski definition) is 4. The summed E-state index contributed by atoms with van der Waals surface area (Å²) in [6.07, 6.45) is 16.6. The van der Waals surface area contributed by atoms with E-state index in [2.05, 4.69) is 20.6 Å². The molecule has 0 aliphatic carbocycles. The van der Waals surface area contributed by atoms with Crippen LogP contribution in [-0.4, -0.2) is 125 Å². The number of unbranched alkanes of at least 4 members (excludes halogenated alkanes) is 12. The predicted octanol–water partition coefficient (Wildman–Crippen LogP) is 4.51. The minimum atomic E-state index is -3.99. The molecule has 0 fully saturated rings. The van der Waals surface area contributed by atoms with E-state index in [4.69, 9.17) is 33.9 Å². The second kappa shape index (κ2) is 31.6. The number of ether oxygens (including phenoxy) is 5. The number of amides is 2. The molecule has 17 nitrogen and oxygen atoms in total. The topological polar surface area (TPSA) is 239 Å². The predicted molar refractivity (Wildman–Crippen MR) is 213 cm³/mol. The van der Waals surface area contributed by atoms with Gasteiger partial charge < -0.3 is 44.5 Å². The first-order valence-corrected chi connectivity index (χ1v) is 21.9. The molecular weight excluding hydrogens is 796 g/mol. The van der Waals surface area contributed by atoms with Crippen LogP contribution in [0.1, 0.15) is 106 Å². The Morgan fingerprint density at radius 3 is 1.71 bits per heavy atom. The van der Waals surface area contributed by atoms with Gasteiger partial charge in [-0.1, -0.05) is 70.6 Å². The van der Waals surface area contributed by atoms with Crippen molar-refractivity contribution in [3.63, 3.8) is 0 Å². The number of carbonyl (C=O) groups excluding carboxylic acids is 2. The summed E-state index contributed by atoms with van der Waals surface area (Å²) < 4.78 is 66.9. The summed E-state index contributed by atoms with van der Waals surface area (Å²) in [6.45, 7) is 1.22. The molecule has 4 N–H and O–H groups in total. The Kier molecular flexibility index (Phi) is 27.2. The highest BCUT2D eigenvalue weighted by atomic mass is 32.2. The van der Waals surface area contributed by atoms with Gasteiger partial charge in [-0.05, 0) is 31.0 Å². The lowest BCUT2D eigenvalue weighted by molar-refractivity contribution is -0.143. The summed E-state index contributed by atoms with van der Waals surface area (Å²) in [7, 11) is -3.99. The summed E-state index contributed by atoms with van der Waals surface area (Å²) >= 11 is 0. The van der Waals surface area contributed by atoms with Crippen molar-refractivity contribution in [3.05, 3.63) is 47.8 Å². The van der Waals surface area contributed by atoms with E-state index in [0.717, 1.165) is 51.0 Å². The third kappa shape index (κ3) is 25.7. The number of nitrogens with one attached hydrogen (secondary N) is 2. The summed E-state index contributed by atoms with van der Waals surface area (Å²) in [4.78, 5) is 52.8. The zero-order chi connectivity index (χ0) is 43.0. The lowest BCUT2D eigenvalue weighted by Gasteiger charge is -2.10. The van der Waals surface area contributed by atoms with Gasteiger partial charge in [0, 0.05) is 31.9 Å². The van der Waals surface area contributed by atoms with Crippen LogP contribution in [0.5, 0.6) is 5.75 Å². The molecule has 0 saturated carbocycles. The first-order valence-electron chi connectivity index (χ1n) is 20.2. The zero-order valence-corrected chi connectivity index (χ0v) is 34.7. The molecule has 2 aromatic rings. The van der Waals surface area contributed by atoms with Crippen LogP contribution >= 0.6 is 0 Å². The highest BCUT2D eigenvalue weighted by Gasteiger charge is 2.20. The van der Waals surface area contributed by atoms with Crippen LogP contribution in [0.3, 0.4) is 0 Å². The van der Waals surface area contributed by atoms with Crippen LogP contribution in [0.4, 0.5) is 4.39 Å². The lowest BCUT2D eigenvalue weighted by Crippen LogP contribution is -2.31. The first-order chi connectivity index (χ1) is 28.5. The SMILES string of the molecule is O=C(O)CCCCCCCCCCCCCCCOc1ccc(S(=O)(=O)Cc2ncc(C(=O)NCCOCCOCC(=O)NCCOCCOCC(=O)O)cn2)cc1F. The van der Waals surface area contributed by atoms with Gasteiger partial charge in [0.15, 0.2) is 21.4 Å². The molecule has 332 valence electrons. The van der Waals surface area contributed by atoms with Gasteiger partial charge in [-0.2, -0.15) is 0 Å². The van der Waals surface area contributed by atoms with Crippen molar-refractivity contribution in [1.29, 1.82) is 0 Å². The molecule has 0 aliphatic rings. The van der Waals surface area contributed by atoms with Gasteiger partial charge in [0.05, 0.1) is 56.7 Å². The molecule has 59 heavy (non-hydrogen) atoms. The van der Waals surface area contributed by atoms with Crippen molar-refractivity contribution in [3.8, 4) is 5.75 Å². The summed E-state index contributed by atoms with van der Waals surface area (Å²) in [5.74, 6) is -4.07. The van der Waals surface area contributed by atoms with Crippen LogP contribution < -0.4 is 15.4 Å². The van der Waals surface area contributed by atoms with Crippen LogP contribution in [0.2, 0.25) is 0 Å². The van der Waals surface area contributed by atoms with Crippen molar-refractivity contribution in [2.45, 2.75) is 101 Å². The van der Waals surface area contributed by atoms with E-state index in [1.165, 1.54) is 63.1 Å². The number of sulfone groups is 1. The largest absolute Gasteiger partial charge is 0.491 e. The van der Waals surface area contributed by atoms with Crippen LogP contribution in [0.15, 0.2) is 35.5 Å². The van der Waals surface area contributed by atoms with Crippen molar-refractivity contribution >= 4 is 33.6 Å². The molecule has 1 aromatic heterocycles. The van der Waals surface area contributed by atoms with Crippen LogP contribution in [0, 0.1) is 5.82 Å². The Bertz CT molecular complexity index is 1620. The fourth-order valence-electron chi connectivity index (χ4n) is 5.51. The maximum Gasteiger partial charge on any atom is 0.329 e.